The van der Waals surface area contributed by atoms with E-state index in [0.717, 1.165) is 0 Å². The minimum Gasteiger partial charge on any atom is -0.267 e. The Bertz CT molecular complexity index is 319. The average Bonchev–Trinajstić information content (AvgIpc) is 2.18. The van der Waals surface area contributed by atoms with Crippen LogP contribution in [0.1, 0.15) is 24.2 Å². The molecule has 1 N–H and O–H groups in total. The second kappa shape index (κ2) is 5.11. The van der Waals surface area contributed by atoms with E-state index < -0.39 is 0 Å². The van der Waals surface area contributed by atoms with Crippen LogP contribution in [0.4, 0.5) is 0 Å². The van der Waals surface area contributed by atoms with Crippen molar-refractivity contribution in [2.75, 3.05) is 0 Å². The minimum atomic E-state index is -0.218. The first-order valence-corrected chi connectivity index (χ1v) is 4.43. The zero-order valence-electron chi connectivity index (χ0n) is 8.27. The van der Waals surface area contributed by atoms with Crippen molar-refractivity contribution < 1.29 is 4.79 Å². The molecule has 0 atom stereocenters. The van der Waals surface area contributed by atoms with Gasteiger partial charge in [0.2, 0.25) is 0 Å². The standard InChI is InChI=1S/C10H13N3O/c1-8(2)7-12-13-10(14)9-3-5-11-6-4-9/h3-8H,1-2H3,(H,13,14)/b12-7+. The molecule has 0 saturated heterocycles. The predicted octanol–water partition coefficient (Wildman–Crippen LogP) is 1.45. The van der Waals surface area contributed by atoms with Crippen molar-refractivity contribution in [3.05, 3.63) is 30.1 Å². The molecule has 0 saturated carbocycles. The van der Waals surface area contributed by atoms with Gasteiger partial charge in [-0.05, 0) is 18.1 Å². The monoisotopic (exact) mass is 191 g/mol. The number of hydrogen-bond donors (Lipinski definition) is 1. The molecule has 1 aromatic heterocycles. The van der Waals surface area contributed by atoms with E-state index >= 15 is 0 Å². The number of amides is 1. The van der Waals surface area contributed by atoms with E-state index in [1.807, 2.05) is 13.8 Å². The molecule has 0 aromatic carbocycles. The van der Waals surface area contributed by atoms with Gasteiger partial charge in [-0.1, -0.05) is 13.8 Å². The molecule has 0 bridgehead atoms. The zero-order valence-corrected chi connectivity index (χ0v) is 8.27. The fourth-order valence-electron chi connectivity index (χ4n) is 0.813. The Labute approximate surface area is 83.1 Å². The van der Waals surface area contributed by atoms with Crippen LogP contribution in [0, 0.1) is 5.92 Å². The highest BCUT2D eigenvalue weighted by atomic mass is 16.2. The number of aromatic nitrogens is 1. The Morgan fingerprint density at radius 3 is 2.71 bits per heavy atom. The van der Waals surface area contributed by atoms with Gasteiger partial charge in [0.05, 0.1) is 0 Å². The van der Waals surface area contributed by atoms with Gasteiger partial charge in [0.15, 0.2) is 0 Å². The van der Waals surface area contributed by atoms with E-state index in [2.05, 4.69) is 15.5 Å². The van der Waals surface area contributed by atoms with Gasteiger partial charge in [-0.25, -0.2) is 5.43 Å². The van der Waals surface area contributed by atoms with Crippen LogP contribution in [0.3, 0.4) is 0 Å². The van der Waals surface area contributed by atoms with Crippen molar-refractivity contribution in [2.45, 2.75) is 13.8 Å². The Morgan fingerprint density at radius 1 is 1.50 bits per heavy atom. The molecule has 14 heavy (non-hydrogen) atoms. The van der Waals surface area contributed by atoms with Crippen LogP contribution in [0.15, 0.2) is 29.6 Å². The van der Waals surface area contributed by atoms with Gasteiger partial charge < -0.3 is 0 Å². The molecule has 1 aromatic rings. The number of pyridine rings is 1. The molecule has 1 rings (SSSR count). The van der Waals surface area contributed by atoms with E-state index in [1.165, 1.54) is 0 Å². The number of nitrogens with zero attached hydrogens (tertiary/aromatic N) is 2. The molecule has 1 heterocycles. The zero-order chi connectivity index (χ0) is 10.4. The lowest BCUT2D eigenvalue weighted by Gasteiger charge is -1.98. The lowest BCUT2D eigenvalue weighted by molar-refractivity contribution is 0.0955. The topological polar surface area (TPSA) is 54.4 Å². The molecule has 1 amide bonds. The third kappa shape index (κ3) is 3.35. The molecule has 4 nitrogen and oxygen atoms in total. The molecule has 0 radical (unpaired) electrons. The van der Waals surface area contributed by atoms with Gasteiger partial charge in [0, 0.05) is 24.2 Å². The number of carbonyl (C=O) groups is 1. The first-order valence-electron chi connectivity index (χ1n) is 4.43. The summed E-state index contributed by atoms with van der Waals surface area (Å²) in [5, 5.41) is 3.80. The van der Waals surface area contributed by atoms with Crippen LogP contribution in [-0.4, -0.2) is 17.1 Å². The molecule has 0 fully saturated rings. The maximum absolute atomic E-state index is 11.4. The highest BCUT2D eigenvalue weighted by Crippen LogP contribution is 1.95. The second-order valence-electron chi connectivity index (χ2n) is 3.20. The number of nitrogens with one attached hydrogen (secondary N) is 1. The molecule has 74 valence electrons. The number of carbonyl (C=O) groups excluding carboxylic acids is 1. The SMILES string of the molecule is CC(C)/C=N/NC(=O)c1ccncc1. The Kier molecular flexibility index (Phi) is 3.79. The summed E-state index contributed by atoms with van der Waals surface area (Å²) in [6.07, 6.45) is 4.82. The number of rotatable bonds is 3. The Balaban J connectivity index is 2.52. The summed E-state index contributed by atoms with van der Waals surface area (Å²) >= 11 is 0. The van der Waals surface area contributed by atoms with Crippen LogP contribution in [-0.2, 0) is 0 Å². The summed E-state index contributed by atoms with van der Waals surface area (Å²) in [4.78, 5) is 15.2. The largest absolute Gasteiger partial charge is 0.271 e. The fraction of sp³-hybridized carbons (Fsp3) is 0.300. The number of hydrazone groups is 1. The van der Waals surface area contributed by atoms with Crippen molar-refractivity contribution in [1.82, 2.24) is 10.4 Å². The second-order valence-corrected chi connectivity index (χ2v) is 3.20. The molecule has 0 unspecified atom stereocenters. The molecule has 0 aliphatic heterocycles. The molecule has 0 aliphatic carbocycles. The van der Waals surface area contributed by atoms with Gasteiger partial charge in [-0.2, -0.15) is 5.10 Å². The molecule has 4 heteroatoms. The van der Waals surface area contributed by atoms with E-state index in [-0.39, 0.29) is 5.91 Å². The van der Waals surface area contributed by atoms with Crippen molar-refractivity contribution in [2.24, 2.45) is 11.0 Å². The maximum Gasteiger partial charge on any atom is 0.271 e. The lowest BCUT2D eigenvalue weighted by Crippen LogP contribution is -2.17. The van der Waals surface area contributed by atoms with E-state index in [1.54, 1.807) is 30.7 Å². The molecular formula is C10H13N3O. The summed E-state index contributed by atoms with van der Waals surface area (Å²) in [5.74, 6) is 0.108. The predicted molar refractivity (Wildman–Crippen MR) is 55.0 cm³/mol. The Hall–Kier alpha value is -1.71. The molecule has 0 aliphatic rings. The molecular weight excluding hydrogens is 178 g/mol. The summed E-state index contributed by atoms with van der Waals surface area (Å²) < 4.78 is 0. The quantitative estimate of drug-likeness (QED) is 0.580. The van der Waals surface area contributed by atoms with Crippen LogP contribution < -0.4 is 5.43 Å². The van der Waals surface area contributed by atoms with Gasteiger partial charge in [-0.3, -0.25) is 9.78 Å². The van der Waals surface area contributed by atoms with Crippen LogP contribution >= 0.6 is 0 Å². The normalized spacial score (nSPS) is 10.8. The highest BCUT2D eigenvalue weighted by Gasteiger charge is 2.01. The van der Waals surface area contributed by atoms with Crippen LogP contribution in [0.2, 0.25) is 0 Å². The molecule has 0 spiro atoms. The maximum atomic E-state index is 11.4. The summed E-state index contributed by atoms with van der Waals surface area (Å²) in [6.45, 7) is 3.98. The average molecular weight is 191 g/mol. The van der Waals surface area contributed by atoms with Crippen molar-refractivity contribution >= 4 is 12.1 Å². The van der Waals surface area contributed by atoms with E-state index in [4.69, 9.17) is 0 Å². The van der Waals surface area contributed by atoms with Gasteiger partial charge in [0.1, 0.15) is 0 Å². The van der Waals surface area contributed by atoms with E-state index in [9.17, 15) is 4.79 Å². The third-order valence-electron chi connectivity index (χ3n) is 1.48. The number of hydrogen-bond acceptors (Lipinski definition) is 3. The Morgan fingerprint density at radius 2 is 2.14 bits per heavy atom. The highest BCUT2D eigenvalue weighted by molar-refractivity contribution is 5.94. The first kappa shape index (κ1) is 10.4. The van der Waals surface area contributed by atoms with Gasteiger partial charge in [-0.15, -0.1) is 0 Å². The van der Waals surface area contributed by atoms with Crippen molar-refractivity contribution in [3.8, 4) is 0 Å². The summed E-state index contributed by atoms with van der Waals surface area (Å²) in [5.41, 5.74) is 2.99. The van der Waals surface area contributed by atoms with Crippen molar-refractivity contribution in [1.29, 1.82) is 0 Å². The van der Waals surface area contributed by atoms with Crippen LogP contribution in [0.5, 0.6) is 0 Å². The van der Waals surface area contributed by atoms with Gasteiger partial charge in [0.25, 0.3) is 5.91 Å². The smallest absolute Gasteiger partial charge is 0.267 e. The first-order chi connectivity index (χ1) is 6.70. The summed E-state index contributed by atoms with van der Waals surface area (Å²) in [6, 6.07) is 3.28. The summed E-state index contributed by atoms with van der Waals surface area (Å²) in [7, 11) is 0. The van der Waals surface area contributed by atoms with Crippen LogP contribution in [0.25, 0.3) is 0 Å². The lowest BCUT2D eigenvalue weighted by atomic mass is 10.2. The third-order valence-corrected chi connectivity index (χ3v) is 1.48. The van der Waals surface area contributed by atoms with Crippen molar-refractivity contribution in [3.63, 3.8) is 0 Å². The van der Waals surface area contributed by atoms with Gasteiger partial charge >= 0.3 is 0 Å². The van der Waals surface area contributed by atoms with E-state index in [0.29, 0.717) is 11.5 Å². The fourth-order valence-corrected chi connectivity index (χ4v) is 0.813. The minimum absolute atomic E-state index is 0.218.